The van der Waals surface area contributed by atoms with Gasteiger partial charge >= 0.3 is 0 Å². The summed E-state index contributed by atoms with van der Waals surface area (Å²) in [6.07, 6.45) is 5.74. The standard InChI is InChI=1S/C27H34N2O3S/c1-4-6-10-21(5-2)19-28-27(30)24-17-15-22(16-18-24)20-29(33(3,31)32)26-14-9-12-23-11-7-8-13-25(23)26/h7-9,11-18,21H,4-6,10,19-20H2,1-3H3,(H,28,30)/t21-/m0/s1. The first-order valence-corrected chi connectivity index (χ1v) is 13.5. The maximum atomic E-state index is 12.7. The van der Waals surface area contributed by atoms with E-state index in [-0.39, 0.29) is 12.5 Å². The number of carbonyl (C=O) groups is 1. The van der Waals surface area contributed by atoms with Gasteiger partial charge in [0.2, 0.25) is 10.0 Å². The third kappa shape index (κ3) is 6.57. The molecule has 0 fully saturated rings. The van der Waals surface area contributed by atoms with E-state index in [1.807, 2.05) is 54.6 Å². The van der Waals surface area contributed by atoms with E-state index in [4.69, 9.17) is 0 Å². The van der Waals surface area contributed by atoms with Crippen molar-refractivity contribution in [3.63, 3.8) is 0 Å². The number of nitrogens with one attached hydrogen (secondary N) is 1. The number of carbonyl (C=O) groups excluding carboxylic acids is 1. The van der Waals surface area contributed by atoms with Crippen LogP contribution >= 0.6 is 0 Å². The Hall–Kier alpha value is -2.86. The zero-order valence-electron chi connectivity index (χ0n) is 19.8. The molecule has 176 valence electrons. The molecule has 1 amide bonds. The van der Waals surface area contributed by atoms with Gasteiger partial charge in [-0.3, -0.25) is 9.10 Å². The second-order valence-electron chi connectivity index (χ2n) is 8.59. The normalized spacial score (nSPS) is 12.5. The molecule has 0 saturated heterocycles. The van der Waals surface area contributed by atoms with Crippen LogP contribution in [-0.4, -0.2) is 27.1 Å². The van der Waals surface area contributed by atoms with E-state index in [0.29, 0.717) is 23.7 Å². The number of fused-ring (bicyclic) bond motifs is 1. The summed E-state index contributed by atoms with van der Waals surface area (Å²) in [6, 6.07) is 20.6. The van der Waals surface area contributed by atoms with Crippen LogP contribution in [0.1, 0.15) is 55.5 Å². The largest absolute Gasteiger partial charge is 0.352 e. The molecule has 0 aliphatic rings. The van der Waals surface area contributed by atoms with E-state index < -0.39 is 10.0 Å². The Labute approximate surface area is 197 Å². The molecule has 0 aliphatic carbocycles. The maximum Gasteiger partial charge on any atom is 0.251 e. The fourth-order valence-electron chi connectivity index (χ4n) is 4.02. The molecule has 3 aromatic rings. The zero-order valence-corrected chi connectivity index (χ0v) is 20.6. The average Bonchev–Trinajstić information content (AvgIpc) is 2.82. The van der Waals surface area contributed by atoms with E-state index >= 15 is 0 Å². The Balaban J connectivity index is 1.74. The molecule has 3 rings (SSSR count). The summed E-state index contributed by atoms with van der Waals surface area (Å²) in [5.41, 5.74) is 2.05. The Bertz CT molecular complexity index is 1170. The van der Waals surface area contributed by atoms with Gasteiger partial charge in [-0.05, 0) is 41.5 Å². The molecule has 3 aromatic carbocycles. The number of hydrogen-bond acceptors (Lipinski definition) is 3. The van der Waals surface area contributed by atoms with E-state index in [0.717, 1.165) is 35.6 Å². The smallest absolute Gasteiger partial charge is 0.251 e. The van der Waals surface area contributed by atoms with E-state index in [9.17, 15) is 13.2 Å². The number of benzene rings is 3. The highest BCUT2D eigenvalue weighted by molar-refractivity contribution is 7.92. The van der Waals surface area contributed by atoms with Crippen LogP contribution in [0.15, 0.2) is 66.7 Å². The molecule has 0 bridgehead atoms. The van der Waals surface area contributed by atoms with Crippen molar-refractivity contribution in [1.29, 1.82) is 0 Å². The van der Waals surface area contributed by atoms with Crippen LogP contribution in [0, 0.1) is 5.92 Å². The second kappa shape index (κ2) is 11.3. The predicted molar refractivity (Wildman–Crippen MR) is 137 cm³/mol. The molecule has 0 spiro atoms. The van der Waals surface area contributed by atoms with Crippen LogP contribution in [0.25, 0.3) is 10.8 Å². The Morgan fingerprint density at radius 2 is 1.67 bits per heavy atom. The maximum absolute atomic E-state index is 12.7. The van der Waals surface area contributed by atoms with E-state index in [2.05, 4.69) is 19.2 Å². The number of sulfonamides is 1. The quantitative estimate of drug-likeness (QED) is 0.391. The van der Waals surface area contributed by atoms with Crippen LogP contribution in [0.3, 0.4) is 0 Å². The number of nitrogens with zero attached hydrogens (tertiary/aromatic N) is 1. The number of anilines is 1. The number of rotatable bonds is 11. The van der Waals surface area contributed by atoms with Crippen LogP contribution in [0.2, 0.25) is 0 Å². The predicted octanol–water partition coefficient (Wildman–Crippen LogP) is 5.75. The molecule has 1 N–H and O–H groups in total. The highest BCUT2D eigenvalue weighted by Gasteiger charge is 2.20. The molecule has 0 unspecified atom stereocenters. The molecule has 0 aromatic heterocycles. The first-order valence-electron chi connectivity index (χ1n) is 11.7. The molecule has 5 nitrogen and oxygen atoms in total. The SMILES string of the molecule is CCCC[C@H](CC)CNC(=O)c1ccc(CN(c2cccc3ccccc23)S(C)(=O)=O)cc1. The lowest BCUT2D eigenvalue weighted by atomic mass is 9.99. The average molecular weight is 467 g/mol. The van der Waals surface area contributed by atoms with Gasteiger partial charge in [-0.1, -0.05) is 81.6 Å². The third-order valence-corrected chi connectivity index (χ3v) is 7.20. The molecule has 0 heterocycles. The Morgan fingerprint density at radius 3 is 2.33 bits per heavy atom. The number of unbranched alkanes of at least 4 members (excludes halogenated alkanes) is 1. The van der Waals surface area contributed by atoms with Crippen molar-refractivity contribution in [1.82, 2.24) is 5.32 Å². The van der Waals surface area contributed by atoms with Gasteiger partial charge in [0.15, 0.2) is 0 Å². The van der Waals surface area contributed by atoms with Gasteiger partial charge in [0, 0.05) is 17.5 Å². The van der Waals surface area contributed by atoms with Gasteiger partial charge in [0.1, 0.15) is 0 Å². The zero-order chi connectivity index (χ0) is 23.8. The number of hydrogen-bond donors (Lipinski definition) is 1. The molecule has 0 saturated carbocycles. The lowest BCUT2D eigenvalue weighted by Gasteiger charge is -2.24. The van der Waals surface area contributed by atoms with Crippen molar-refractivity contribution >= 4 is 32.4 Å². The van der Waals surface area contributed by atoms with Crippen molar-refractivity contribution in [2.75, 3.05) is 17.1 Å². The first kappa shape index (κ1) is 24.8. The Morgan fingerprint density at radius 1 is 0.970 bits per heavy atom. The number of amides is 1. The lowest BCUT2D eigenvalue weighted by molar-refractivity contribution is 0.0946. The molecule has 0 aliphatic heterocycles. The lowest BCUT2D eigenvalue weighted by Crippen LogP contribution is -2.30. The van der Waals surface area contributed by atoms with Crippen LogP contribution in [0.5, 0.6) is 0 Å². The summed E-state index contributed by atoms with van der Waals surface area (Å²) in [4.78, 5) is 12.6. The summed E-state index contributed by atoms with van der Waals surface area (Å²) in [5.74, 6) is 0.405. The molecular formula is C27H34N2O3S. The van der Waals surface area contributed by atoms with Crippen molar-refractivity contribution in [3.8, 4) is 0 Å². The highest BCUT2D eigenvalue weighted by atomic mass is 32.2. The summed E-state index contributed by atoms with van der Waals surface area (Å²) in [7, 11) is -3.51. The first-order chi connectivity index (χ1) is 15.8. The van der Waals surface area contributed by atoms with Crippen molar-refractivity contribution in [2.45, 2.75) is 46.1 Å². The van der Waals surface area contributed by atoms with E-state index in [1.54, 1.807) is 12.1 Å². The minimum Gasteiger partial charge on any atom is -0.352 e. The highest BCUT2D eigenvalue weighted by Crippen LogP contribution is 2.29. The molecule has 6 heteroatoms. The summed E-state index contributed by atoms with van der Waals surface area (Å²) >= 11 is 0. The van der Waals surface area contributed by atoms with Gasteiger partial charge < -0.3 is 5.32 Å². The van der Waals surface area contributed by atoms with Crippen molar-refractivity contribution in [2.24, 2.45) is 5.92 Å². The van der Waals surface area contributed by atoms with Gasteiger partial charge in [-0.25, -0.2) is 8.42 Å². The van der Waals surface area contributed by atoms with Crippen LogP contribution in [0.4, 0.5) is 5.69 Å². The van der Waals surface area contributed by atoms with Gasteiger partial charge in [-0.2, -0.15) is 0 Å². The molecule has 33 heavy (non-hydrogen) atoms. The second-order valence-corrected chi connectivity index (χ2v) is 10.5. The molecular weight excluding hydrogens is 432 g/mol. The van der Waals surface area contributed by atoms with Crippen molar-refractivity contribution in [3.05, 3.63) is 77.9 Å². The topological polar surface area (TPSA) is 66.5 Å². The van der Waals surface area contributed by atoms with Crippen molar-refractivity contribution < 1.29 is 13.2 Å². The molecule has 0 radical (unpaired) electrons. The fourth-order valence-corrected chi connectivity index (χ4v) is 4.92. The summed E-state index contributed by atoms with van der Waals surface area (Å²) < 4.78 is 26.8. The Kier molecular flexibility index (Phi) is 8.50. The van der Waals surface area contributed by atoms with Crippen LogP contribution < -0.4 is 9.62 Å². The summed E-state index contributed by atoms with van der Waals surface area (Å²) in [5, 5.41) is 4.91. The van der Waals surface area contributed by atoms with Gasteiger partial charge in [0.05, 0.1) is 18.5 Å². The summed E-state index contributed by atoms with van der Waals surface area (Å²) in [6.45, 7) is 5.21. The minimum absolute atomic E-state index is 0.0921. The van der Waals surface area contributed by atoms with E-state index in [1.165, 1.54) is 17.0 Å². The monoisotopic (exact) mass is 466 g/mol. The van der Waals surface area contributed by atoms with Gasteiger partial charge in [-0.15, -0.1) is 0 Å². The van der Waals surface area contributed by atoms with Crippen LogP contribution in [-0.2, 0) is 16.6 Å². The fraction of sp³-hybridized carbons (Fsp3) is 0.370. The molecule has 1 atom stereocenters. The minimum atomic E-state index is -3.51. The third-order valence-electron chi connectivity index (χ3n) is 6.07. The van der Waals surface area contributed by atoms with Gasteiger partial charge in [0.25, 0.3) is 5.91 Å².